The van der Waals surface area contributed by atoms with Gasteiger partial charge in [0.15, 0.2) is 5.78 Å². The third-order valence-electron chi connectivity index (χ3n) is 6.47. The van der Waals surface area contributed by atoms with Crippen molar-refractivity contribution >= 4 is 23.4 Å². The third-order valence-corrected chi connectivity index (χ3v) is 6.47. The first-order valence-corrected chi connectivity index (χ1v) is 11.8. The molecule has 1 saturated heterocycles. The van der Waals surface area contributed by atoms with E-state index in [1.165, 1.54) is 19.1 Å². The molecular weight excluding hydrogens is 461 g/mol. The van der Waals surface area contributed by atoms with Crippen molar-refractivity contribution in [1.82, 2.24) is 10.6 Å². The van der Waals surface area contributed by atoms with Gasteiger partial charge in [-0.25, -0.2) is 9.18 Å². The molecule has 36 heavy (non-hydrogen) atoms. The molecule has 0 spiro atoms. The van der Waals surface area contributed by atoms with Gasteiger partial charge in [-0.2, -0.15) is 0 Å². The summed E-state index contributed by atoms with van der Waals surface area (Å²) < 4.78 is 21.0. The van der Waals surface area contributed by atoms with Crippen LogP contribution in [0.25, 0.3) is 11.1 Å². The Labute approximate surface area is 208 Å². The van der Waals surface area contributed by atoms with Crippen LogP contribution in [0.3, 0.4) is 0 Å². The van der Waals surface area contributed by atoms with Gasteiger partial charge in [0.2, 0.25) is 0 Å². The van der Waals surface area contributed by atoms with Crippen LogP contribution in [0.2, 0.25) is 0 Å². The summed E-state index contributed by atoms with van der Waals surface area (Å²) in [6.45, 7) is 4.76. The SMILES string of the molecule is CC(=O)c1ccc(F)c(-c2cc(C)cc3c2OC(CNC(=O)c2cccc(N4CCNC4=O)c2)C3)c1. The summed E-state index contributed by atoms with van der Waals surface area (Å²) in [5, 5.41) is 5.66. The van der Waals surface area contributed by atoms with E-state index in [4.69, 9.17) is 4.74 Å². The first-order chi connectivity index (χ1) is 17.3. The Bertz CT molecular complexity index is 1390. The van der Waals surface area contributed by atoms with Crippen molar-refractivity contribution in [1.29, 1.82) is 0 Å². The number of urea groups is 1. The van der Waals surface area contributed by atoms with Gasteiger partial charge in [0.1, 0.15) is 17.7 Å². The maximum absolute atomic E-state index is 14.8. The summed E-state index contributed by atoms with van der Waals surface area (Å²) in [7, 11) is 0. The predicted octanol–water partition coefficient (Wildman–Crippen LogP) is 4.27. The zero-order chi connectivity index (χ0) is 25.4. The van der Waals surface area contributed by atoms with Crippen molar-refractivity contribution < 1.29 is 23.5 Å². The fraction of sp³-hybridized carbons (Fsp3) is 0.250. The number of carbonyl (C=O) groups excluding carboxylic acids is 3. The quantitative estimate of drug-likeness (QED) is 0.509. The Morgan fingerprint density at radius 1 is 1.11 bits per heavy atom. The molecule has 2 heterocycles. The fourth-order valence-corrected chi connectivity index (χ4v) is 4.70. The van der Waals surface area contributed by atoms with Crippen LogP contribution >= 0.6 is 0 Å². The van der Waals surface area contributed by atoms with Gasteiger partial charge in [-0.15, -0.1) is 0 Å². The Morgan fingerprint density at radius 2 is 1.94 bits per heavy atom. The molecule has 0 saturated carbocycles. The molecule has 0 radical (unpaired) electrons. The van der Waals surface area contributed by atoms with Crippen molar-refractivity contribution in [3.05, 3.63) is 82.7 Å². The molecule has 1 unspecified atom stereocenters. The van der Waals surface area contributed by atoms with E-state index in [1.807, 2.05) is 19.1 Å². The number of amides is 3. The molecule has 2 aliphatic heterocycles. The number of hydrogen-bond acceptors (Lipinski definition) is 4. The Balaban J connectivity index is 1.31. The highest BCUT2D eigenvalue weighted by atomic mass is 19.1. The highest BCUT2D eigenvalue weighted by Crippen LogP contribution is 2.41. The van der Waals surface area contributed by atoms with Gasteiger partial charge in [-0.1, -0.05) is 12.1 Å². The number of benzene rings is 3. The number of ketones is 1. The van der Waals surface area contributed by atoms with Crippen LogP contribution in [-0.2, 0) is 6.42 Å². The minimum absolute atomic E-state index is 0.142. The molecule has 0 aromatic heterocycles. The summed E-state index contributed by atoms with van der Waals surface area (Å²) in [6, 6.07) is 14.9. The van der Waals surface area contributed by atoms with E-state index >= 15 is 0 Å². The van der Waals surface area contributed by atoms with Crippen LogP contribution in [0.5, 0.6) is 5.75 Å². The average Bonchev–Trinajstić information content (AvgIpc) is 3.48. The number of anilines is 1. The zero-order valence-corrected chi connectivity index (χ0v) is 20.1. The average molecular weight is 488 g/mol. The lowest BCUT2D eigenvalue weighted by Crippen LogP contribution is -2.34. The second kappa shape index (κ2) is 9.45. The minimum atomic E-state index is -0.431. The lowest BCUT2D eigenvalue weighted by molar-refractivity contribution is 0.0933. The molecule has 7 nitrogen and oxygen atoms in total. The molecule has 5 rings (SSSR count). The molecule has 3 aromatic rings. The molecule has 8 heteroatoms. The van der Waals surface area contributed by atoms with Gasteiger partial charge in [-0.05, 0) is 67.4 Å². The first-order valence-electron chi connectivity index (χ1n) is 11.8. The topological polar surface area (TPSA) is 87.7 Å². The zero-order valence-electron chi connectivity index (χ0n) is 20.1. The number of nitrogens with zero attached hydrogens (tertiary/aromatic N) is 1. The van der Waals surface area contributed by atoms with Crippen molar-refractivity contribution in [2.24, 2.45) is 0 Å². The Hall–Kier alpha value is -4.20. The number of rotatable bonds is 6. The van der Waals surface area contributed by atoms with Gasteiger partial charge in [0.25, 0.3) is 5.91 Å². The van der Waals surface area contributed by atoms with Crippen LogP contribution in [0.15, 0.2) is 54.6 Å². The molecule has 3 aromatic carbocycles. The van der Waals surface area contributed by atoms with Crippen LogP contribution < -0.4 is 20.3 Å². The number of hydrogen-bond donors (Lipinski definition) is 2. The summed E-state index contributed by atoms with van der Waals surface area (Å²) in [6.07, 6.45) is 0.239. The molecule has 2 aliphatic rings. The molecule has 1 fully saturated rings. The molecule has 1 atom stereocenters. The van der Waals surface area contributed by atoms with Crippen LogP contribution in [-0.4, -0.2) is 43.5 Å². The molecular formula is C28H26FN3O4. The van der Waals surface area contributed by atoms with Gasteiger partial charge in [0, 0.05) is 47.5 Å². The summed E-state index contributed by atoms with van der Waals surface area (Å²) in [4.78, 5) is 38.2. The maximum Gasteiger partial charge on any atom is 0.321 e. The Morgan fingerprint density at radius 3 is 2.69 bits per heavy atom. The minimum Gasteiger partial charge on any atom is -0.487 e. The van der Waals surface area contributed by atoms with E-state index in [0.29, 0.717) is 53.2 Å². The number of Topliss-reactive ketones (excluding diaryl/α,β-unsaturated/α-hetero) is 1. The lowest BCUT2D eigenvalue weighted by atomic mass is 9.95. The van der Waals surface area contributed by atoms with Crippen LogP contribution in [0.4, 0.5) is 14.9 Å². The van der Waals surface area contributed by atoms with Crippen molar-refractivity contribution in [3.63, 3.8) is 0 Å². The summed E-state index contributed by atoms with van der Waals surface area (Å²) in [5.74, 6) is -0.273. The van der Waals surface area contributed by atoms with Gasteiger partial charge < -0.3 is 15.4 Å². The molecule has 2 N–H and O–H groups in total. The van der Waals surface area contributed by atoms with Gasteiger partial charge in [0.05, 0.1) is 6.54 Å². The monoisotopic (exact) mass is 487 g/mol. The second-order valence-corrected chi connectivity index (χ2v) is 9.14. The van der Waals surface area contributed by atoms with Gasteiger partial charge >= 0.3 is 6.03 Å². The first kappa shape index (κ1) is 23.5. The van der Waals surface area contributed by atoms with E-state index in [-0.39, 0.29) is 30.4 Å². The predicted molar refractivity (Wildman–Crippen MR) is 134 cm³/mol. The van der Waals surface area contributed by atoms with E-state index in [0.717, 1.165) is 11.1 Å². The number of halogens is 1. The number of carbonyl (C=O) groups is 3. The van der Waals surface area contributed by atoms with E-state index in [2.05, 4.69) is 10.6 Å². The second-order valence-electron chi connectivity index (χ2n) is 9.14. The largest absolute Gasteiger partial charge is 0.487 e. The van der Waals surface area contributed by atoms with Gasteiger partial charge in [-0.3, -0.25) is 14.5 Å². The number of aryl methyl sites for hydroxylation is 1. The Kier molecular flexibility index (Phi) is 6.18. The molecule has 3 amide bonds. The standard InChI is InChI=1S/C28H26FN3O4/c1-16-10-20-13-22(36-26(20)24(11-16)23-14-18(17(2)33)6-7-25(23)29)15-31-27(34)19-4-3-5-21(12-19)32-9-8-30-28(32)35/h3-7,10-12,14,22H,8-9,13,15H2,1-2H3,(H,30,35)(H,31,34). The smallest absolute Gasteiger partial charge is 0.321 e. The molecule has 0 bridgehead atoms. The van der Waals surface area contributed by atoms with E-state index in [9.17, 15) is 18.8 Å². The fourth-order valence-electron chi connectivity index (χ4n) is 4.70. The number of nitrogens with one attached hydrogen (secondary N) is 2. The number of fused-ring (bicyclic) bond motifs is 1. The van der Waals surface area contributed by atoms with Crippen LogP contribution in [0.1, 0.15) is 38.8 Å². The van der Waals surface area contributed by atoms with E-state index in [1.54, 1.807) is 35.2 Å². The van der Waals surface area contributed by atoms with Crippen LogP contribution in [0, 0.1) is 12.7 Å². The normalized spacial score (nSPS) is 16.4. The number of ether oxygens (including phenoxy) is 1. The molecule has 184 valence electrons. The highest BCUT2D eigenvalue weighted by Gasteiger charge is 2.28. The van der Waals surface area contributed by atoms with E-state index < -0.39 is 5.82 Å². The van der Waals surface area contributed by atoms with Crippen molar-refractivity contribution in [3.8, 4) is 16.9 Å². The third kappa shape index (κ3) is 4.54. The summed E-state index contributed by atoms with van der Waals surface area (Å²) in [5.41, 5.74) is 4.33. The highest BCUT2D eigenvalue weighted by molar-refractivity contribution is 5.98. The summed E-state index contributed by atoms with van der Waals surface area (Å²) >= 11 is 0. The van der Waals surface area contributed by atoms with Crippen molar-refractivity contribution in [2.45, 2.75) is 26.4 Å². The van der Waals surface area contributed by atoms with Crippen molar-refractivity contribution in [2.75, 3.05) is 24.5 Å². The maximum atomic E-state index is 14.8. The lowest BCUT2D eigenvalue weighted by Gasteiger charge is -2.16. The molecule has 0 aliphatic carbocycles.